The molecule has 8 nitrogen and oxygen atoms in total. The first-order valence-electron chi connectivity index (χ1n) is 12.4. The van der Waals surface area contributed by atoms with E-state index in [9.17, 15) is 9.59 Å². The molecule has 4 heterocycles. The number of piperazine rings is 1. The molecule has 2 aliphatic rings. The Labute approximate surface area is 219 Å². The Balaban J connectivity index is 0.967. The molecular weight excluding hydrogens is 486 g/mol. The Hall–Kier alpha value is -3.82. The van der Waals surface area contributed by atoms with E-state index in [0.717, 1.165) is 42.6 Å². The van der Waals surface area contributed by atoms with Gasteiger partial charge in [-0.25, -0.2) is 9.97 Å². The fourth-order valence-electron chi connectivity index (χ4n) is 4.83. The molecule has 2 amide bonds. The summed E-state index contributed by atoms with van der Waals surface area (Å²) in [6, 6.07) is 19.8. The van der Waals surface area contributed by atoms with Crippen LogP contribution in [0.1, 0.15) is 26.4 Å². The molecule has 0 unspecified atom stereocenters. The van der Waals surface area contributed by atoms with Crippen molar-refractivity contribution < 1.29 is 14.3 Å². The van der Waals surface area contributed by atoms with Gasteiger partial charge < -0.3 is 14.5 Å². The number of nitrogens with zero attached hydrogens (tertiary/aromatic N) is 5. The molecule has 0 bridgehead atoms. The van der Waals surface area contributed by atoms with Crippen LogP contribution in [0, 0.1) is 0 Å². The lowest BCUT2D eigenvalue weighted by atomic mass is 10.0. The number of aromatic nitrogens is 2. The van der Waals surface area contributed by atoms with Crippen molar-refractivity contribution in [3.05, 3.63) is 88.4 Å². The van der Waals surface area contributed by atoms with Gasteiger partial charge in [-0.3, -0.25) is 14.5 Å². The number of thiazole rings is 1. The third kappa shape index (κ3) is 5.05. The third-order valence-corrected chi connectivity index (χ3v) is 7.67. The second kappa shape index (κ2) is 10.3. The minimum absolute atomic E-state index is 0.00804. The van der Waals surface area contributed by atoms with Gasteiger partial charge in [0, 0.05) is 67.7 Å². The molecule has 2 aliphatic heterocycles. The van der Waals surface area contributed by atoms with E-state index in [1.54, 1.807) is 10.9 Å². The molecule has 0 spiro atoms. The number of hydrogen-bond donors (Lipinski definition) is 0. The van der Waals surface area contributed by atoms with Gasteiger partial charge in [-0.05, 0) is 29.8 Å². The van der Waals surface area contributed by atoms with E-state index in [1.165, 1.54) is 11.3 Å². The second-order valence-electron chi connectivity index (χ2n) is 9.39. The lowest BCUT2D eigenvalue weighted by Crippen LogP contribution is -2.64. The molecule has 9 heteroatoms. The number of rotatable bonds is 6. The molecule has 0 aliphatic carbocycles. The lowest BCUT2D eigenvalue weighted by molar-refractivity contribution is 0.00843. The second-order valence-corrected chi connectivity index (χ2v) is 10.1. The Morgan fingerprint density at radius 1 is 0.892 bits per heavy atom. The smallest absolute Gasteiger partial charge is 0.273 e. The molecule has 6 rings (SSSR count). The van der Waals surface area contributed by atoms with Gasteiger partial charge in [0.15, 0.2) is 0 Å². The summed E-state index contributed by atoms with van der Waals surface area (Å²) in [6.45, 7) is 4.86. The minimum atomic E-state index is 0.00804. The fourth-order valence-corrected chi connectivity index (χ4v) is 5.36. The molecule has 0 saturated carbocycles. The van der Waals surface area contributed by atoms with E-state index in [4.69, 9.17) is 4.74 Å². The summed E-state index contributed by atoms with van der Waals surface area (Å²) in [5.74, 6) is 0.643. The van der Waals surface area contributed by atoms with Crippen LogP contribution in [-0.4, -0.2) is 81.8 Å². The van der Waals surface area contributed by atoms with E-state index >= 15 is 0 Å². The number of fused-ring (bicyclic) bond motifs is 1. The van der Waals surface area contributed by atoms with Crippen LogP contribution < -0.4 is 4.74 Å². The number of ether oxygens (including phenoxy) is 1. The van der Waals surface area contributed by atoms with Gasteiger partial charge in [0.05, 0.1) is 11.0 Å². The summed E-state index contributed by atoms with van der Waals surface area (Å²) in [5, 5.41) is 2.88. The Bertz CT molecular complexity index is 1400. The lowest BCUT2D eigenvalue weighted by Gasteiger charge is -2.48. The standard InChI is InChI=1S/C28H27N5O3S/c34-27(33-15-23(16-33)31-11-13-32(14-12-31)28(35)25-18-37-19-29-25)22-7-5-20(6-8-22)17-36-26-10-9-21-3-1-2-4-24(21)30-26/h1-10,18-19,23H,11-17H2. The highest BCUT2D eigenvalue weighted by atomic mass is 32.1. The monoisotopic (exact) mass is 513 g/mol. The van der Waals surface area contributed by atoms with Crippen LogP contribution in [-0.2, 0) is 6.61 Å². The maximum Gasteiger partial charge on any atom is 0.273 e. The van der Waals surface area contributed by atoms with Gasteiger partial charge in [-0.1, -0.05) is 30.3 Å². The van der Waals surface area contributed by atoms with Crippen molar-refractivity contribution in [1.29, 1.82) is 0 Å². The number of likely N-dealkylation sites (tertiary alicyclic amines) is 1. The molecule has 0 N–H and O–H groups in total. The summed E-state index contributed by atoms with van der Waals surface area (Å²) in [5.41, 5.74) is 4.79. The largest absolute Gasteiger partial charge is 0.473 e. The zero-order valence-electron chi connectivity index (χ0n) is 20.3. The molecule has 2 aromatic heterocycles. The van der Waals surface area contributed by atoms with E-state index in [0.29, 0.717) is 42.9 Å². The molecule has 4 aromatic rings. The molecule has 188 valence electrons. The quantitative estimate of drug-likeness (QED) is 0.392. The van der Waals surface area contributed by atoms with E-state index in [2.05, 4.69) is 14.9 Å². The van der Waals surface area contributed by atoms with Crippen molar-refractivity contribution >= 4 is 34.1 Å². The molecular formula is C28H27N5O3S. The minimum Gasteiger partial charge on any atom is -0.473 e. The summed E-state index contributed by atoms with van der Waals surface area (Å²) < 4.78 is 5.87. The Morgan fingerprint density at radius 3 is 2.43 bits per heavy atom. The van der Waals surface area contributed by atoms with Crippen LogP contribution >= 0.6 is 11.3 Å². The Morgan fingerprint density at radius 2 is 1.68 bits per heavy atom. The maximum absolute atomic E-state index is 13.0. The predicted octanol–water partition coefficient (Wildman–Crippen LogP) is 3.55. The average Bonchev–Trinajstić information content (AvgIpc) is 3.46. The first-order chi connectivity index (χ1) is 18.1. The van der Waals surface area contributed by atoms with Gasteiger partial charge in [0.2, 0.25) is 5.88 Å². The normalized spacial score (nSPS) is 16.5. The number of hydrogen-bond acceptors (Lipinski definition) is 7. The van der Waals surface area contributed by atoms with Crippen LogP contribution in [0.4, 0.5) is 0 Å². The molecule has 0 atom stereocenters. The first-order valence-corrected chi connectivity index (χ1v) is 13.4. The summed E-state index contributed by atoms with van der Waals surface area (Å²) >= 11 is 1.44. The number of carbonyl (C=O) groups excluding carboxylic acids is 2. The summed E-state index contributed by atoms with van der Waals surface area (Å²) in [7, 11) is 0. The van der Waals surface area contributed by atoms with E-state index < -0.39 is 0 Å². The highest BCUT2D eigenvalue weighted by Gasteiger charge is 2.37. The maximum atomic E-state index is 13.0. The van der Waals surface area contributed by atoms with Crippen LogP contribution in [0.3, 0.4) is 0 Å². The van der Waals surface area contributed by atoms with Crippen molar-refractivity contribution in [3.8, 4) is 5.88 Å². The van der Waals surface area contributed by atoms with E-state index in [1.807, 2.05) is 70.5 Å². The van der Waals surface area contributed by atoms with Gasteiger partial charge in [-0.15, -0.1) is 11.3 Å². The van der Waals surface area contributed by atoms with Crippen molar-refractivity contribution in [2.24, 2.45) is 0 Å². The van der Waals surface area contributed by atoms with Gasteiger partial charge in [0.25, 0.3) is 11.8 Å². The van der Waals surface area contributed by atoms with Crippen molar-refractivity contribution in [3.63, 3.8) is 0 Å². The number of pyridine rings is 1. The third-order valence-electron chi connectivity index (χ3n) is 7.08. The Kier molecular flexibility index (Phi) is 6.55. The fraction of sp³-hybridized carbons (Fsp3) is 0.286. The van der Waals surface area contributed by atoms with Crippen molar-refractivity contribution in [1.82, 2.24) is 24.7 Å². The molecule has 0 radical (unpaired) electrons. The van der Waals surface area contributed by atoms with Gasteiger partial charge in [-0.2, -0.15) is 0 Å². The predicted molar refractivity (Wildman–Crippen MR) is 142 cm³/mol. The zero-order valence-corrected chi connectivity index (χ0v) is 21.1. The van der Waals surface area contributed by atoms with Gasteiger partial charge in [0.1, 0.15) is 12.3 Å². The van der Waals surface area contributed by atoms with Gasteiger partial charge >= 0.3 is 0 Å². The molecule has 37 heavy (non-hydrogen) atoms. The summed E-state index contributed by atoms with van der Waals surface area (Å²) in [6.07, 6.45) is 0. The number of carbonyl (C=O) groups is 2. The first kappa shape index (κ1) is 23.6. The van der Waals surface area contributed by atoms with Crippen LogP contribution in [0.5, 0.6) is 5.88 Å². The van der Waals surface area contributed by atoms with Crippen molar-refractivity contribution in [2.75, 3.05) is 39.3 Å². The number of benzene rings is 2. The number of para-hydroxylation sites is 1. The molecule has 2 aromatic carbocycles. The van der Waals surface area contributed by atoms with E-state index in [-0.39, 0.29) is 11.8 Å². The molecule has 2 fully saturated rings. The SMILES string of the molecule is O=C(c1ccc(COc2ccc3ccccc3n2)cc1)N1CC(N2CCN(C(=O)c3cscn3)CC2)C1. The zero-order chi connectivity index (χ0) is 25.2. The topological polar surface area (TPSA) is 78.9 Å². The van der Waals surface area contributed by atoms with Crippen molar-refractivity contribution in [2.45, 2.75) is 12.6 Å². The molecule has 2 saturated heterocycles. The van der Waals surface area contributed by atoms with Crippen LogP contribution in [0.15, 0.2) is 71.6 Å². The average molecular weight is 514 g/mol. The highest BCUT2D eigenvalue weighted by Crippen LogP contribution is 2.21. The highest BCUT2D eigenvalue weighted by molar-refractivity contribution is 7.07. The van der Waals surface area contributed by atoms with Crippen LogP contribution in [0.25, 0.3) is 10.9 Å². The van der Waals surface area contributed by atoms with Crippen LogP contribution in [0.2, 0.25) is 0 Å². The number of amides is 2. The summed E-state index contributed by atoms with van der Waals surface area (Å²) in [4.78, 5) is 40.3.